The summed E-state index contributed by atoms with van der Waals surface area (Å²) < 4.78 is 11.6. The minimum absolute atomic E-state index is 0.164. The number of phenolic OH excluding ortho intramolecular Hbond substituents is 2. The Morgan fingerprint density at radius 1 is 1.05 bits per heavy atom. The second kappa shape index (κ2) is 3.70. The highest BCUT2D eigenvalue weighted by atomic mass is 16.5. The summed E-state index contributed by atoms with van der Waals surface area (Å²) in [5.74, 6) is 1.74. The van der Waals surface area contributed by atoms with E-state index in [2.05, 4.69) is 0 Å². The molecule has 4 nitrogen and oxygen atoms in total. The fraction of sp³-hybridized carbons (Fsp3) is 0.125. The molecule has 0 saturated heterocycles. The van der Waals surface area contributed by atoms with Gasteiger partial charge in [0, 0.05) is 17.0 Å². The number of aromatic hydroxyl groups is 2. The first kappa shape index (κ1) is 11.2. The van der Waals surface area contributed by atoms with Gasteiger partial charge in [-0.25, -0.2) is 0 Å². The lowest BCUT2D eigenvalue weighted by Crippen LogP contribution is -2.03. The lowest BCUT2D eigenvalue weighted by atomic mass is 10.0. The SMILES string of the molecule is Cc1cc(O)cc2c3c(oc12)-c1ccc(O)cc1OC3. The lowest BCUT2D eigenvalue weighted by Gasteiger charge is -2.16. The molecule has 0 saturated carbocycles. The van der Waals surface area contributed by atoms with E-state index in [1.807, 2.05) is 6.92 Å². The molecule has 4 rings (SSSR count). The van der Waals surface area contributed by atoms with Crippen LogP contribution in [0.25, 0.3) is 22.3 Å². The van der Waals surface area contributed by atoms with E-state index in [0.717, 1.165) is 33.4 Å². The predicted molar refractivity (Wildman–Crippen MR) is 74.0 cm³/mol. The molecule has 0 atom stereocenters. The van der Waals surface area contributed by atoms with Crippen LogP contribution in [0.1, 0.15) is 11.1 Å². The summed E-state index contributed by atoms with van der Waals surface area (Å²) in [6.45, 7) is 2.26. The molecule has 1 aliphatic heterocycles. The van der Waals surface area contributed by atoms with E-state index in [-0.39, 0.29) is 11.5 Å². The smallest absolute Gasteiger partial charge is 0.145 e. The molecule has 20 heavy (non-hydrogen) atoms. The third kappa shape index (κ3) is 1.42. The van der Waals surface area contributed by atoms with Gasteiger partial charge in [-0.3, -0.25) is 0 Å². The number of rotatable bonds is 0. The first-order valence-electron chi connectivity index (χ1n) is 6.34. The standard InChI is InChI=1S/C16H12O4/c1-8-4-10(18)5-12-13-7-19-14-6-9(17)2-3-11(14)16(13)20-15(8)12/h2-6,17-18H,7H2,1H3. The fourth-order valence-corrected chi connectivity index (χ4v) is 2.73. The average molecular weight is 268 g/mol. The van der Waals surface area contributed by atoms with Gasteiger partial charge >= 0.3 is 0 Å². The Balaban J connectivity index is 2.07. The van der Waals surface area contributed by atoms with E-state index in [1.165, 1.54) is 0 Å². The number of fused-ring (bicyclic) bond motifs is 5. The molecule has 100 valence electrons. The van der Waals surface area contributed by atoms with Crippen LogP contribution in [0.5, 0.6) is 17.2 Å². The number of hydrogen-bond donors (Lipinski definition) is 2. The summed E-state index contributed by atoms with van der Waals surface area (Å²) in [5.41, 5.74) is 3.39. The molecule has 0 aliphatic carbocycles. The first-order chi connectivity index (χ1) is 9.63. The molecule has 4 heteroatoms. The summed E-state index contributed by atoms with van der Waals surface area (Å²) >= 11 is 0. The highest BCUT2D eigenvalue weighted by Crippen LogP contribution is 2.44. The van der Waals surface area contributed by atoms with Gasteiger partial charge in [0.15, 0.2) is 0 Å². The number of ether oxygens (including phenoxy) is 1. The van der Waals surface area contributed by atoms with Crippen molar-refractivity contribution in [2.24, 2.45) is 0 Å². The molecule has 0 radical (unpaired) electrons. The zero-order valence-electron chi connectivity index (χ0n) is 10.8. The molecular weight excluding hydrogens is 256 g/mol. The van der Waals surface area contributed by atoms with E-state index in [1.54, 1.807) is 30.3 Å². The van der Waals surface area contributed by atoms with Gasteiger partial charge in [0.25, 0.3) is 0 Å². The summed E-state index contributed by atoms with van der Waals surface area (Å²) in [7, 11) is 0. The summed E-state index contributed by atoms with van der Waals surface area (Å²) in [5, 5.41) is 20.1. The minimum Gasteiger partial charge on any atom is -0.508 e. The second-order valence-corrected chi connectivity index (χ2v) is 5.02. The summed E-state index contributed by atoms with van der Waals surface area (Å²) in [6, 6.07) is 8.33. The Morgan fingerprint density at radius 2 is 1.90 bits per heavy atom. The van der Waals surface area contributed by atoms with Crippen molar-refractivity contribution in [3.8, 4) is 28.6 Å². The van der Waals surface area contributed by atoms with Crippen LogP contribution in [0, 0.1) is 6.92 Å². The Hall–Kier alpha value is -2.62. The maximum atomic E-state index is 9.75. The van der Waals surface area contributed by atoms with Crippen LogP contribution >= 0.6 is 0 Å². The zero-order chi connectivity index (χ0) is 13.9. The topological polar surface area (TPSA) is 62.8 Å². The van der Waals surface area contributed by atoms with Crippen LogP contribution in [0.3, 0.4) is 0 Å². The van der Waals surface area contributed by atoms with Crippen LogP contribution in [0.15, 0.2) is 34.7 Å². The van der Waals surface area contributed by atoms with E-state index >= 15 is 0 Å². The number of phenols is 2. The van der Waals surface area contributed by atoms with Crippen molar-refractivity contribution in [3.63, 3.8) is 0 Å². The van der Waals surface area contributed by atoms with Crippen LogP contribution in [-0.2, 0) is 6.61 Å². The van der Waals surface area contributed by atoms with Crippen molar-refractivity contribution in [2.45, 2.75) is 13.5 Å². The van der Waals surface area contributed by atoms with Gasteiger partial charge < -0.3 is 19.4 Å². The molecule has 0 bridgehead atoms. The number of benzene rings is 2. The Bertz CT molecular complexity index is 845. The fourth-order valence-electron chi connectivity index (χ4n) is 2.73. The molecule has 0 unspecified atom stereocenters. The van der Waals surface area contributed by atoms with E-state index < -0.39 is 0 Å². The predicted octanol–water partition coefficient (Wildman–Crippen LogP) is 3.71. The Kier molecular flexibility index (Phi) is 2.07. The average Bonchev–Trinajstić information content (AvgIpc) is 2.77. The van der Waals surface area contributed by atoms with Gasteiger partial charge in [-0.05, 0) is 36.8 Å². The normalized spacial score (nSPS) is 12.8. The molecular formula is C16H12O4. The molecule has 1 aromatic heterocycles. The highest BCUT2D eigenvalue weighted by Gasteiger charge is 2.25. The molecule has 2 N–H and O–H groups in total. The van der Waals surface area contributed by atoms with Crippen molar-refractivity contribution < 1.29 is 19.4 Å². The van der Waals surface area contributed by atoms with Crippen LogP contribution in [0.4, 0.5) is 0 Å². The summed E-state index contributed by atoms with van der Waals surface area (Å²) in [4.78, 5) is 0. The van der Waals surface area contributed by atoms with Crippen LogP contribution < -0.4 is 4.74 Å². The van der Waals surface area contributed by atoms with Crippen molar-refractivity contribution in [1.82, 2.24) is 0 Å². The maximum Gasteiger partial charge on any atom is 0.145 e. The summed E-state index contributed by atoms with van der Waals surface area (Å²) in [6.07, 6.45) is 0. The van der Waals surface area contributed by atoms with Gasteiger partial charge in [-0.15, -0.1) is 0 Å². The van der Waals surface area contributed by atoms with E-state index in [0.29, 0.717) is 12.4 Å². The number of aryl methyl sites for hydroxylation is 1. The number of furan rings is 1. The van der Waals surface area contributed by atoms with Crippen molar-refractivity contribution in [3.05, 3.63) is 41.5 Å². The van der Waals surface area contributed by atoms with Gasteiger partial charge in [-0.2, -0.15) is 0 Å². The number of hydrogen-bond acceptors (Lipinski definition) is 4. The third-order valence-corrected chi connectivity index (χ3v) is 3.64. The van der Waals surface area contributed by atoms with Crippen LogP contribution in [0.2, 0.25) is 0 Å². The molecule has 2 heterocycles. The molecule has 0 fully saturated rings. The van der Waals surface area contributed by atoms with Crippen molar-refractivity contribution in [2.75, 3.05) is 0 Å². The molecule has 2 aromatic carbocycles. The zero-order valence-corrected chi connectivity index (χ0v) is 10.8. The molecule has 0 amide bonds. The minimum atomic E-state index is 0.164. The quantitative estimate of drug-likeness (QED) is 0.652. The maximum absolute atomic E-state index is 9.75. The third-order valence-electron chi connectivity index (χ3n) is 3.64. The highest BCUT2D eigenvalue weighted by molar-refractivity contribution is 5.92. The van der Waals surface area contributed by atoms with Gasteiger partial charge in [-0.1, -0.05) is 0 Å². The van der Waals surface area contributed by atoms with Gasteiger partial charge in [0.2, 0.25) is 0 Å². The second-order valence-electron chi connectivity index (χ2n) is 5.02. The monoisotopic (exact) mass is 268 g/mol. The molecule has 3 aromatic rings. The van der Waals surface area contributed by atoms with Gasteiger partial charge in [0.1, 0.15) is 35.2 Å². The molecule has 0 spiro atoms. The Morgan fingerprint density at radius 3 is 2.75 bits per heavy atom. The first-order valence-corrected chi connectivity index (χ1v) is 6.34. The van der Waals surface area contributed by atoms with Crippen molar-refractivity contribution >= 4 is 11.0 Å². The largest absolute Gasteiger partial charge is 0.508 e. The van der Waals surface area contributed by atoms with E-state index in [9.17, 15) is 10.2 Å². The van der Waals surface area contributed by atoms with Crippen LogP contribution in [-0.4, -0.2) is 10.2 Å². The van der Waals surface area contributed by atoms with Crippen molar-refractivity contribution in [1.29, 1.82) is 0 Å². The van der Waals surface area contributed by atoms with Gasteiger partial charge in [0.05, 0.1) is 5.56 Å². The van der Waals surface area contributed by atoms with E-state index in [4.69, 9.17) is 9.15 Å². The molecule has 1 aliphatic rings. The lowest BCUT2D eigenvalue weighted by molar-refractivity contribution is 0.298. The Labute approximate surface area is 114 Å².